The summed E-state index contributed by atoms with van der Waals surface area (Å²) in [5.41, 5.74) is 0.896. The van der Waals surface area contributed by atoms with Gasteiger partial charge in [0.2, 0.25) is 10.2 Å². The zero-order valence-electron chi connectivity index (χ0n) is 17.8. The van der Waals surface area contributed by atoms with Crippen LogP contribution in [-0.2, 0) is 11.4 Å². The number of amidine groups is 2. The van der Waals surface area contributed by atoms with Gasteiger partial charge in [0.1, 0.15) is 12.4 Å². The molecule has 0 aliphatic carbocycles. The summed E-state index contributed by atoms with van der Waals surface area (Å²) in [7, 11) is 0. The van der Waals surface area contributed by atoms with Gasteiger partial charge in [0, 0.05) is 0 Å². The lowest BCUT2D eigenvalue weighted by molar-refractivity contribution is -0.114. The Balaban J connectivity index is 1.63. The summed E-state index contributed by atoms with van der Waals surface area (Å²) in [4.78, 5) is 16.1. The Morgan fingerprint density at radius 2 is 1.91 bits per heavy atom. The van der Waals surface area contributed by atoms with E-state index >= 15 is 0 Å². The zero-order valence-corrected chi connectivity index (χ0v) is 20.2. The number of hydrogen-bond donors (Lipinski definition) is 1. The van der Waals surface area contributed by atoms with Crippen LogP contribution in [0.3, 0.4) is 0 Å². The minimum absolute atomic E-state index is 0.131. The number of alkyl halides is 3. The Hall–Kier alpha value is -3.19. The second kappa shape index (κ2) is 9.82. The number of thioether (sulfide) groups is 1. The van der Waals surface area contributed by atoms with Crippen molar-refractivity contribution in [3.63, 3.8) is 0 Å². The summed E-state index contributed by atoms with van der Waals surface area (Å²) < 4.78 is 64.1. The van der Waals surface area contributed by atoms with E-state index in [1.165, 1.54) is 18.2 Å². The van der Waals surface area contributed by atoms with Crippen LogP contribution < -0.4 is 9.47 Å². The van der Waals surface area contributed by atoms with Crippen molar-refractivity contribution >= 4 is 55.7 Å². The van der Waals surface area contributed by atoms with Crippen molar-refractivity contribution in [2.75, 3.05) is 6.61 Å². The topological polar surface area (TPSA) is 87.3 Å². The van der Waals surface area contributed by atoms with Crippen molar-refractivity contribution in [2.24, 2.45) is 10.1 Å². The highest BCUT2D eigenvalue weighted by Gasteiger charge is 2.46. The lowest BCUT2D eigenvalue weighted by Crippen LogP contribution is -2.35. The summed E-state index contributed by atoms with van der Waals surface area (Å²) in [6, 6.07) is 8.96. The van der Waals surface area contributed by atoms with Gasteiger partial charge in [0.05, 0.1) is 16.7 Å². The summed E-state index contributed by atoms with van der Waals surface area (Å²) in [6.45, 7) is 2.19. The van der Waals surface area contributed by atoms with Gasteiger partial charge in [-0.2, -0.15) is 28.3 Å². The number of benzene rings is 2. The summed E-state index contributed by atoms with van der Waals surface area (Å²) in [6.07, 6.45) is -3.41. The fraction of sp³-hybridized carbons (Fsp3) is 0.182. The molecule has 2 heterocycles. The van der Waals surface area contributed by atoms with E-state index in [-0.39, 0.29) is 34.9 Å². The molecule has 1 amide bonds. The van der Waals surface area contributed by atoms with Gasteiger partial charge in [0.25, 0.3) is 5.91 Å². The molecule has 1 N–H and O–H groups in total. The van der Waals surface area contributed by atoms with E-state index in [4.69, 9.17) is 14.9 Å². The minimum atomic E-state index is -4.72. The van der Waals surface area contributed by atoms with Crippen LogP contribution in [0.15, 0.2) is 56.5 Å². The van der Waals surface area contributed by atoms with Gasteiger partial charge in [-0.15, -0.1) is 0 Å². The molecular formula is C22H15BrF4N4O3S. The number of halogens is 5. The van der Waals surface area contributed by atoms with Crippen LogP contribution in [0, 0.1) is 11.2 Å². The maximum Gasteiger partial charge on any atom is 0.441 e. The number of carbonyl (C=O) groups is 1. The molecule has 0 unspecified atom stereocenters. The first-order valence-electron chi connectivity index (χ1n) is 9.97. The summed E-state index contributed by atoms with van der Waals surface area (Å²) in [5, 5.41) is 10.8. The van der Waals surface area contributed by atoms with E-state index in [1.807, 2.05) is 0 Å². The molecule has 4 rings (SSSR count). The van der Waals surface area contributed by atoms with Gasteiger partial charge in [0.15, 0.2) is 17.3 Å². The van der Waals surface area contributed by atoms with E-state index in [0.717, 1.165) is 5.56 Å². The molecule has 35 heavy (non-hydrogen) atoms. The van der Waals surface area contributed by atoms with Gasteiger partial charge in [-0.05, 0) is 76.1 Å². The third kappa shape index (κ3) is 5.40. The van der Waals surface area contributed by atoms with Crippen molar-refractivity contribution in [3.05, 3.63) is 63.4 Å². The van der Waals surface area contributed by atoms with Crippen LogP contribution in [0.1, 0.15) is 18.1 Å². The standard InChI is InChI=1S/C22H15BrF4N4O3S/c1-2-33-16-9-12(8-15(23)17(16)34-10-11-3-5-13(24)6-4-11)7-14-18(28)31-21(29-19(14)32)35-20(30-31)22(25,26)27/h3-9,28H,2,10H2,1H3/b14-7-,28-18?. The SMILES string of the molecule is CCOc1cc(/C=C2/C(=N)N3N=C(C(F)(F)F)SC3=NC2=O)cc(Br)c1OCc1ccc(F)cc1. The normalized spacial score (nSPS) is 16.9. The number of nitrogens with one attached hydrogen (secondary N) is 1. The van der Waals surface area contributed by atoms with Gasteiger partial charge in [-0.1, -0.05) is 12.1 Å². The Morgan fingerprint density at radius 3 is 2.57 bits per heavy atom. The van der Waals surface area contributed by atoms with E-state index < -0.39 is 23.0 Å². The first-order valence-corrected chi connectivity index (χ1v) is 11.6. The number of ether oxygens (including phenoxy) is 2. The van der Waals surface area contributed by atoms with Crippen molar-refractivity contribution in [2.45, 2.75) is 19.7 Å². The number of hydrazone groups is 1. The van der Waals surface area contributed by atoms with Crippen LogP contribution in [-0.4, -0.2) is 39.7 Å². The summed E-state index contributed by atoms with van der Waals surface area (Å²) >= 11 is 3.58. The second-order valence-corrected chi connectivity index (χ2v) is 8.91. The number of fused-ring (bicyclic) bond motifs is 1. The fourth-order valence-corrected chi connectivity index (χ4v) is 4.42. The molecule has 0 bridgehead atoms. The largest absolute Gasteiger partial charge is 0.490 e. The van der Waals surface area contributed by atoms with Gasteiger partial charge < -0.3 is 9.47 Å². The first-order chi connectivity index (χ1) is 16.6. The van der Waals surface area contributed by atoms with Gasteiger partial charge in [-0.3, -0.25) is 10.2 Å². The number of rotatable bonds is 6. The van der Waals surface area contributed by atoms with Crippen LogP contribution in [0.5, 0.6) is 11.5 Å². The first kappa shape index (κ1) is 24.9. The molecule has 2 aromatic carbocycles. The molecule has 0 fully saturated rings. The number of carbonyl (C=O) groups excluding carboxylic acids is 1. The predicted molar refractivity (Wildman–Crippen MR) is 127 cm³/mol. The van der Waals surface area contributed by atoms with Crippen LogP contribution in [0.25, 0.3) is 6.08 Å². The van der Waals surface area contributed by atoms with E-state index in [2.05, 4.69) is 26.0 Å². The minimum Gasteiger partial charge on any atom is -0.490 e. The molecule has 0 saturated heterocycles. The average Bonchev–Trinajstić information content (AvgIpc) is 3.22. The highest BCUT2D eigenvalue weighted by Crippen LogP contribution is 2.39. The Bertz CT molecular complexity index is 1290. The van der Waals surface area contributed by atoms with E-state index in [0.29, 0.717) is 33.2 Å². The lowest BCUT2D eigenvalue weighted by atomic mass is 10.1. The Kier molecular flexibility index (Phi) is 6.99. The number of amides is 1. The molecule has 0 radical (unpaired) electrons. The molecule has 2 aromatic rings. The smallest absolute Gasteiger partial charge is 0.441 e. The van der Waals surface area contributed by atoms with Crippen molar-refractivity contribution in [1.82, 2.24) is 5.01 Å². The monoisotopic (exact) mass is 570 g/mol. The van der Waals surface area contributed by atoms with Crippen LogP contribution in [0.4, 0.5) is 17.6 Å². The molecule has 182 valence electrons. The molecule has 0 saturated carbocycles. The van der Waals surface area contributed by atoms with Crippen molar-refractivity contribution in [3.8, 4) is 11.5 Å². The average molecular weight is 571 g/mol. The molecule has 0 spiro atoms. The molecule has 0 atom stereocenters. The highest BCUT2D eigenvalue weighted by molar-refractivity contribution is 9.10. The molecular weight excluding hydrogens is 556 g/mol. The lowest BCUT2D eigenvalue weighted by Gasteiger charge is -2.20. The van der Waals surface area contributed by atoms with Crippen LogP contribution >= 0.6 is 27.7 Å². The molecule has 13 heteroatoms. The number of nitrogens with zero attached hydrogens (tertiary/aromatic N) is 3. The zero-order chi connectivity index (χ0) is 25.3. The Labute approximate surface area is 209 Å². The molecule has 0 aromatic heterocycles. The third-order valence-corrected chi connectivity index (χ3v) is 6.18. The third-order valence-electron chi connectivity index (χ3n) is 4.64. The number of hydrogen-bond acceptors (Lipinski definition) is 6. The maximum absolute atomic E-state index is 13.1. The molecule has 2 aliphatic rings. The van der Waals surface area contributed by atoms with E-state index in [9.17, 15) is 22.4 Å². The predicted octanol–water partition coefficient (Wildman–Crippen LogP) is 5.75. The molecule has 7 nitrogen and oxygen atoms in total. The molecule has 2 aliphatic heterocycles. The summed E-state index contributed by atoms with van der Waals surface area (Å²) in [5.74, 6) is -1.08. The quantitative estimate of drug-likeness (QED) is 0.353. The number of aliphatic imine (C=N–C) groups is 1. The van der Waals surface area contributed by atoms with Crippen molar-refractivity contribution < 1.29 is 31.8 Å². The Morgan fingerprint density at radius 1 is 1.20 bits per heavy atom. The van der Waals surface area contributed by atoms with Gasteiger partial charge >= 0.3 is 6.18 Å². The maximum atomic E-state index is 13.1. The fourth-order valence-electron chi connectivity index (χ4n) is 3.08. The van der Waals surface area contributed by atoms with E-state index in [1.54, 1.807) is 31.2 Å². The highest BCUT2D eigenvalue weighted by atomic mass is 79.9. The van der Waals surface area contributed by atoms with Crippen LogP contribution in [0.2, 0.25) is 0 Å². The second-order valence-electron chi connectivity index (χ2n) is 7.10. The van der Waals surface area contributed by atoms with Crippen molar-refractivity contribution in [1.29, 1.82) is 5.41 Å². The van der Waals surface area contributed by atoms with Gasteiger partial charge in [-0.25, -0.2) is 4.39 Å².